The molecule has 9 nitrogen and oxygen atoms in total. The summed E-state index contributed by atoms with van der Waals surface area (Å²) in [4.78, 5) is 39.9. The number of aryl methyl sites for hydroxylation is 2. The third kappa shape index (κ3) is 5.49. The molecule has 1 atom stereocenters. The van der Waals surface area contributed by atoms with Gasteiger partial charge >= 0.3 is 6.09 Å². The first-order valence-electron chi connectivity index (χ1n) is 12.7. The minimum Gasteiger partial charge on any atom is -0.444 e. The number of carbonyl (C=O) groups is 2. The highest BCUT2D eigenvalue weighted by Crippen LogP contribution is 2.33. The number of hydrogen-bond donors (Lipinski definition) is 2. The lowest BCUT2D eigenvalue weighted by molar-refractivity contribution is 0.0240. The van der Waals surface area contributed by atoms with E-state index in [1.807, 2.05) is 46.0 Å². The van der Waals surface area contributed by atoms with Gasteiger partial charge in [0.2, 0.25) is 0 Å². The zero-order chi connectivity index (χ0) is 26.3. The van der Waals surface area contributed by atoms with E-state index in [0.29, 0.717) is 36.7 Å². The number of hydrogen-bond acceptors (Lipinski definition) is 8. The first-order valence-corrected chi connectivity index (χ1v) is 13.6. The normalized spacial score (nSPS) is 18.0. The molecular formula is C27H34N6O3S. The number of rotatable bonds is 3. The lowest BCUT2D eigenvalue weighted by Crippen LogP contribution is -2.50. The standard InChI is InChI=1S/C27H34N6O3S/c1-16-5-8-20-22(28)23(37-25(20)30-16)24(34)31-19-7-6-17-14-21(29-15-18(17)13-19)32-9-11-33(12-10-32)26(35)36-27(2,3)4/h5,8,14-15,19H,6-7,9-13,28H2,1-4H3,(H,31,34)/t19-/m0/s1. The summed E-state index contributed by atoms with van der Waals surface area (Å²) >= 11 is 1.34. The molecular weight excluding hydrogens is 488 g/mol. The lowest BCUT2D eigenvalue weighted by atomic mass is 9.89. The van der Waals surface area contributed by atoms with Crippen LogP contribution in [0.5, 0.6) is 0 Å². The summed E-state index contributed by atoms with van der Waals surface area (Å²) in [5, 5.41) is 4.01. The van der Waals surface area contributed by atoms with E-state index in [2.05, 4.69) is 21.3 Å². The summed E-state index contributed by atoms with van der Waals surface area (Å²) < 4.78 is 5.50. The Morgan fingerprint density at radius 3 is 2.65 bits per heavy atom. The second-order valence-corrected chi connectivity index (χ2v) is 11.8. The molecule has 0 bridgehead atoms. The van der Waals surface area contributed by atoms with Crippen molar-refractivity contribution in [3.05, 3.63) is 46.1 Å². The van der Waals surface area contributed by atoms with E-state index in [4.69, 9.17) is 15.5 Å². The summed E-state index contributed by atoms with van der Waals surface area (Å²) in [6.45, 7) is 10.2. The number of nitrogen functional groups attached to an aromatic ring is 1. The van der Waals surface area contributed by atoms with Gasteiger partial charge in [0.25, 0.3) is 5.91 Å². The number of carbonyl (C=O) groups excluding carboxylic acids is 2. The van der Waals surface area contributed by atoms with Crippen LogP contribution in [0.2, 0.25) is 0 Å². The van der Waals surface area contributed by atoms with Gasteiger partial charge < -0.3 is 25.6 Å². The highest BCUT2D eigenvalue weighted by atomic mass is 32.1. The van der Waals surface area contributed by atoms with Gasteiger partial charge in [0.15, 0.2) is 0 Å². The molecule has 1 fully saturated rings. The lowest BCUT2D eigenvalue weighted by Gasteiger charge is -2.36. The minimum absolute atomic E-state index is 0.0318. The Kier molecular flexibility index (Phi) is 6.70. The maximum absolute atomic E-state index is 13.0. The number of piperazine rings is 1. The largest absolute Gasteiger partial charge is 0.444 e. The molecule has 3 aromatic rings. The maximum atomic E-state index is 13.0. The SMILES string of the molecule is Cc1ccc2c(N)c(C(=O)N[C@H]3CCc4cc(N5CCN(C(=O)OC(C)(C)C)CC5)ncc4C3)sc2n1. The molecule has 0 spiro atoms. The zero-order valence-electron chi connectivity index (χ0n) is 21.8. The van der Waals surface area contributed by atoms with E-state index in [1.165, 1.54) is 16.9 Å². The number of amides is 2. The zero-order valence-corrected chi connectivity index (χ0v) is 22.7. The Hall–Kier alpha value is -3.40. The summed E-state index contributed by atoms with van der Waals surface area (Å²) in [7, 11) is 0. The average Bonchev–Trinajstić information content (AvgIpc) is 3.18. The number of nitrogens with zero attached hydrogens (tertiary/aromatic N) is 4. The molecule has 196 valence electrons. The number of thiophene rings is 1. The van der Waals surface area contributed by atoms with E-state index in [-0.39, 0.29) is 18.0 Å². The highest BCUT2D eigenvalue weighted by molar-refractivity contribution is 7.21. The predicted molar refractivity (Wildman–Crippen MR) is 146 cm³/mol. The van der Waals surface area contributed by atoms with Gasteiger partial charge in [0.05, 0.1) is 5.69 Å². The van der Waals surface area contributed by atoms with Gasteiger partial charge in [0.1, 0.15) is 21.1 Å². The van der Waals surface area contributed by atoms with Crippen molar-refractivity contribution in [1.29, 1.82) is 0 Å². The van der Waals surface area contributed by atoms with Crippen LogP contribution in [0, 0.1) is 6.92 Å². The van der Waals surface area contributed by atoms with Crippen LogP contribution in [-0.2, 0) is 17.6 Å². The van der Waals surface area contributed by atoms with Crippen molar-refractivity contribution in [3.8, 4) is 0 Å². The van der Waals surface area contributed by atoms with Gasteiger partial charge in [-0.3, -0.25) is 4.79 Å². The fourth-order valence-corrected chi connectivity index (χ4v) is 5.92. The molecule has 1 aliphatic heterocycles. The predicted octanol–water partition coefficient (Wildman–Crippen LogP) is 3.93. The number of ether oxygens (including phenoxy) is 1. The van der Waals surface area contributed by atoms with E-state index in [1.54, 1.807) is 4.90 Å². The Labute approximate surface area is 221 Å². The van der Waals surface area contributed by atoms with Gasteiger partial charge in [-0.25, -0.2) is 14.8 Å². The van der Waals surface area contributed by atoms with Crippen molar-refractivity contribution in [2.24, 2.45) is 0 Å². The van der Waals surface area contributed by atoms with E-state index in [9.17, 15) is 9.59 Å². The summed E-state index contributed by atoms with van der Waals surface area (Å²) in [5.41, 5.74) is 9.62. The van der Waals surface area contributed by atoms with Gasteiger partial charge in [-0.2, -0.15) is 0 Å². The molecule has 1 aliphatic carbocycles. The van der Waals surface area contributed by atoms with Crippen LogP contribution in [0.25, 0.3) is 10.2 Å². The number of nitrogens with two attached hydrogens (primary N) is 1. The quantitative estimate of drug-likeness (QED) is 0.536. The van der Waals surface area contributed by atoms with E-state index >= 15 is 0 Å². The molecule has 37 heavy (non-hydrogen) atoms. The van der Waals surface area contributed by atoms with Gasteiger partial charge in [-0.15, -0.1) is 11.3 Å². The summed E-state index contributed by atoms with van der Waals surface area (Å²) in [6, 6.07) is 6.03. The number of fused-ring (bicyclic) bond motifs is 2. The minimum atomic E-state index is -0.494. The monoisotopic (exact) mass is 522 g/mol. The number of pyridine rings is 2. The van der Waals surface area contributed by atoms with Crippen LogP contribution in [-0.4, -0.2) is 64.7 Å². The molecule has 4 heterocycles. The molecule has 0 unspecified atom stereocenters. The first-order chi connectivity index (χ1) is 17.6. The maximum Gasteiger partial charge on any atom is 0.410 e. The number of anilines is 2. The smallest absolute Gasteiger partial charge is 0.410 e. The highest BCUT2D eigenvalue weighted by Gasteiger charge is 2.28. The molecule has 1 saturated heterocycles. The molecule has 10 heteroatoms. The molecule has 2 aliphatic rings. The molecule has 3 N–H and O–H groups in total. The fourth-order valence-electron chi connectivity index (χ4n) is 4.88. The Balaban J connectivity index is 1.19. The van der Waals surface area contributed by atoms with Crippen molar-refractivity contribution in [1.82, 2.24) is 20.2 Å². The van der Waals surface area contributed by atoms with Crippen molar-refractivity contribution in [2.45, 2.75) is 58.6 Å². The van der Waals surface area contributed by atoms with Crippen molar-refractivity contribution >= 4 is 45.1 Å². The fraction of sp³-hybridized carbons (Fsp3) is 0.481. The third-order valence-electron chi connectivity index (χ3n) is 6.83. The third-order valence-corrected chi connectivity index (χ3v) is 7.94. The molecule has 5 rings (SSSR count). The number of aromatic nitrogens is 2. The first kappa shape index (κ1) is 25.3. The van der Waals surface area contributed by atoms with Crippen LogP contribution < -0.4 is 16.0 Å². The van der Waals surface area contributed by atoms with Gasteiger partial charge in [-0.05, 0) is 76.3 Å². The second-order valence-electron chi connectivity index (χ2n) is 10.8. The summed E-state index contributed by atoms with van der Waals surface area (Å²) in [5.74, 6) is 0.796. The van der Waals surface area contributed by atoms with E-state index in [0.717, 1.165) is 46.6 Å². The average molecular weight is 523 g/mol. The van der Waals surface area contributed by atoms with Gasteiger partial charge in [0, 0.05) is 49.5 Å². The van der Waals surface area contributed by atoms with Crippen LogP contribution in [0.4, 0.5) is 16.3 Å². The molecule has 0 aromatic carbocycles. The van der Waals surface area contributed by atoms with Crippen molar-refractivity contribution in [3.63, 3.8) is 0 Å². The molecule has 0 saturated carbocycles. The van der Waals surface area contributed by atoms with Crippen molar-refractivity contribution in [2.75, 3.05) is 36.8 Å². The molecule has 3 aromatic heterocycles. The Morgan fingerprint density at radius 2 is 1.92 bits per heavy atom. The Morgan fingerprint density at radius 1 is 1.16 bits per heavy atom. The number of nitrogens with one attached hydrogen (secondary N) is 1. The molecule has 2 amide bonds. The van der Waals surface area contributed by atoms with E-state index < -0.39 is 5.60 Å². The van der Waals surface area contributed by atoms with Crippen LogP contribution in [0.3, 0.4) is 0 Å². The van der Waals surface area contributed by atoms with Crippen molar-refractivity contribution < 1.29 is 14.3 Å². The second kappa shape index (κ2) is 9.81. The Bertz CT molecular complexity index is 1340. The van der Waals surface area contributed by atoms with Crippen LogP contribution in [0.15, 0.2) is 24.4 Å². The van der Waals surface area contributed by atoms with Crippen LogP contribution in [0.1, 0.15) is 53.7 Å². The summed E-state index contributed by atoms with van der Waals surface area (Å²) in [6.07, 6.45) is 4.14. The molecule has 0 radical (unpaired) electrons. The van der Waals surface area contributed by atoms with Gasteiger partial charge in [-0.1, -0.05) is 0 Å². The van der Waals surface area contributed by atoms with Crippen LogP contribution >= 0.6 is 11.3 Å². The topological polar surface area (TPSA) is 114 Å².